The average molecular weight is 480 g/mol. The molecule has 0 unspecified atom stereocenters. The molecule has 0 saturated carbocycles. The van der Waals surface area contributed by atoms with E-state index in [1.54, 1.807) is 0 Å². The molecule has 1 aliphatic heterocycles. The van der Waals surface area contributed by atoms with Crippen LogP contribution in [0.15, 0.2) is 30.3 Å². The quantitative estimate of drug-likeness (QED) is 0.402. The summed E-state index contributed by atoms with van der Waals surface area (Å²) in [4.78, 5) is 23.9. The third kappa shape index (κ3) is 6.80. The maximum absolute atomic E-state index is 12.8. The molecular formula is C25H41NO6Si. The van der Waals surface area contributed by atoms with Crippen LogP contribution in [0.3, 0.4) is 0 Å². The molecule has 1 aliphatic rings. The van der Waals surface area contributed by atoms with Gasteiger partial charge in [-0.25, -0.2) is 9.59 Å². The maximum Gasteiger partial charge on any atom is 0.405 e. The topological polar surface area (TPSA) is 94.1 Å². The Kier molecular flexibility index (Phi) is 9.94. The predicted octanol–water partition coefficient (Wildman–Crippen LogP) is 5.00. The van der Waals surface area contributed by atoms with Crippen molar-refractivity contribution in [2.45, 2.75) is 89.8 Å². The Hall–Kier alpha value is -1.90. The van der Waals surface area contributed by atoms with Gasteiger partial charge in [0.2, 0.25) is 8.32 Å². The number of benzene rings is 1. The van der Waals surface area contributed by atoms with Crippen molar-refractivity contribution in [2.24, 2.45) is 5.92 Å². The molecular weight excluding hydrogens is 438 g/mol. The van der Waals surface area contributed by atoms with E-state index in [0.717, 1.165) is 5.56 Å². The molecule has 1 saturated heterocycles. The van der Waals surface area contributed by atoms with Gasteiger partial charge < -0.3 is 24.3 Å². The number of ether oxygens (including phenoxy) is 2. The normalized spacial score (nSPS) is 24.8. The first-order chi connectivity index (χ1) is 15.5. The van der Waals surface area contributed by atoms with Gasteiger partial charge in [-0.15, -0.1) is 0 Å². The lowest BCUT2D eigenvalue weighted by atomic mass is 9.92. The number of cyclic esters (lactones) is 1. The molecule has 0 spiro atoms. The molecule has 1 heterocycles. The zero-order chi connectivity index (χ0) is 24.8. The highest BCUT2D eigenvalue weighted by Gasteiger charge is 2.49. The lowest BCUT2D eigenvalue weighted by Gasteiger charge is -2.47. The summed E-state index contributed by atoms with van der Waals surface area (Å²) < 4.78 is 18.9. The predicted molar refractivity (Wildman–Crippen MR) is 131 cm³/mol. The third-order valence-corrected chi connectivity index (χ3v) is 12.9. The Morgan fingerprint density at radius 1 is 1.09 bits per heavy atom. The van der Waals surface area contributed by atoms with E-state index in [4.69, 9.17) is 19.0 Å². The number of nitrogens with one attached hydrogen (secondary N) is 1. The van der Waals surface area contributed by atoms with E-state index >= 15 is 0 Å². The van der Waals surface area contributed by atoms with Crippen LogP contribution in [0.25, 0.3) is 0 Å². The van der Waals surface area contributed by atoms with Crippen LogP contribution in [0.2, 0.25) is 16.6 Å². The van der Waals surface area contributed by atoms with Crippen molar-refractivity contribution in [2.75, 3.05) is 13.2 Å². The Labute approximate surface area is 199 Å². The number of hydrogen-bond donors (Lipinski definition) is 2. The van der Waals surface area contributed by atoms with Gasteiger partial charge in [0.1, 0.15) is 6.10 Å². The molecule has 33 heavy (non-hydrogen) atoms. The van der Waals surface area contributed by atoms with Gasteiger partial charge in [0.05, 0.1) is 19.3 Å². The lowest BCUT2D eigenvalue weighted by molar-refractivity contribution is -0.156. The number of amides is 1. The van der Waals surface area contributed by atoms with E-state index in [1.807, 2.05) is 25.1 Å². The molecule has 1 fully saturated rings. The van der Waals surface area contributed by atoms with Gasteiger partial charge in [-0.2, -0.15) is 0 Å². The first-order valence-electron chi connectivity index (χ1n) is 12.0. The first kappa shape index (κ1) is 27.3. The summed E-state index contributed by atoms with van der Waals surface area (Å²) in [6.45, 7) is 15.5. The number of esters is 1. The SMILES string of the molecule is CC(C)[Si](O[C@@H]1[C@@H](Cc2ccccc2)COC[C@H](NC(=O)O)C(=O)O[C@H]1C)(C(C)C)C(C)C. The second kappa shape index (κ2) is 12.0. The summed E-state index contributed by atoms with van der Waals surface area (Å²) >= 11 is 0. The molecule has 4 atom stereocenters. The second-order valence-corrected chi connectivity index (χ2v) is 15.4. The van der Waals surface area contributed by atoms with E-state index in [2.05, 4.69) is 59.0 Å². The van der Waals surface area contributed by atoms with Crippen LogP contribution in [0.1, 0.15) is 54.0 Å². The number of rotatable bonds is 8. The fraction of sp³-hybridized carbons (Fsp3) is 0.680. The van der Waals surface area contributed by atoms with Crippen LogP contribution in [0, 0.1) is 5.92 Å². The summed E-state index contributed by atoms with van der Waals surface area (Å²) in [6, 6.07) is 9.08. The highest BCUT2D eigenvalue weighted by Crippen LogP contribution is 2.44. The summed E-state index contributed by atoms with van der Waals surface area (Å²) in [7, 11) is -2.29. The Balaban J connectivity index is 2.46. The zero-order valence-corrected chi connectivity index (χ0v) is 22.0. The van der Waals surface area contributed by atoms with Gasteiger partial charge in [0.15, 0.2) is 6.04 Å². The molecule has 7 nitrogen and oxygen atoms in total. The first-order valence-corrected chi connectivity index (χ1v) is 14.1. The van der Waals surface area contributed by atoms with Crippen LogP contribution >= 0.6 is 0 Å². The smallest absolute Gasteiger partial charge is 0.405 e. The molecule has 8 heteroatoms. The lowest BCUT2D eigenvalue weighted by Crippen LogP contribution is -2.55. The Bertz CT molecular complexity index is 748. The van der Waals surface area contributed by atoms with Crippen molar-refractivity contribution in [3.8, 4) is 0 Å². The minimum atomic E-state index is -2.29. The molecule has 1 aromatic carbocycles. The largest absolute Gasteiger partial charge is 0.465 e. The monoisotopic (exact) mass is 479 g/mol. The Morgan fingerprint density at radius 2 is 1.67 bits per heavy atom. The fourth-order valence-electron chi connectivity index (χ4n) is 5.39. The van der Waals surface area contributed by atoms with Gasteiger partial charge in [0.25, 0.3) is 0 Å². The van der Waals surface area contributed by atoms with Crippen molar-refractivity contribution in [3.63, 3.8) is 0 Å². The second-order valence-electron chi connectivity index (χ2n) is 10.0. The van der Waals surface area contributed by atoms with Crippen molar-refractivity contribution in [1.82, 2.24) is 5.32 Å². The molecule has 0 aliphatic carbocycles. The summed E-state index contributed by atoms with van der Waals surface area (Å²) in [5, 5.41) is 11.3. The zero-order valence-electron chi connectivity index (χ0n) is 21.0. The van der Waals surface area contributed by atoms with Crippen LogP contribution < -0.4 is 5.32 Å². The summed E-state index contributed by atoms with van der Waals surface area (Å²) in [5.74, 6) is -0.688. The van der Waals surface area contributed by atoms with E-state index in [9.17, 15) is 9.59 Å². The summed E-state index contributed by atoms with van der Waals surface area (Å²) in [5.41, 5.74) is 2.26. The molecule has 1 aromatic rings. The standard InChI is InChI=1S/C25H41NO6Si/c1-16(2)33(17(3)4,18(5)6)32-23-19(7)31-24(27)22(26-25(28)29)15-30-14-21(23)13-20-11-9-8-10-12-20/h8-12,16-19,21-23,26H,13-15H2,1-7H3,(H,28,29)/t19-,21-,22-,23-/m0/s1. The minimum absolute atomic E-state index is 0.0538. The van der Waals surface area contributed by atoms with Crippen LogP contribution in [-0.2, 0) is 25.1 Å². The van der Waals surface area contributed by atoms with Gasteiger partial charge in [-0.3, -0.25) is 0 Å². The van der Waals surface area contributed by atoms with Crippen molar-refractivity contribution < 1.29 is 28.6 Å². The summed E-state index contributed by atoms with van der Waals surface area (Å²) in [6.07, 6.45) is -1.49. The molecule has 186 valence electrons. The molecule has 0 aromatic heterocycles. The molecule has 0 radical (unpaired) electrons. The van der Waals surface area contributed by atoms with Crippen molar-refractivity contribution in [3.05, 3.63) is 35.9 Å². The number of carbonyl (C=O) groups excluding carboxylic acids is 1. The van der Waals surface area contributed by atoms with E-state index < -0.39 is 32.5 Å². The van der Waals surface area contributed by atoms with E-state index in [-0.39, 0.29) is 18.6 Å². The van der Waals surface area contributed by atoms with E-state index in [1.165, 1.54) is 0 Å². The maximum atomic E-state index is 12.8. The van der Waals surface area contributed by atoms with Crippen LogP contribution in [-0.4, -0.2) is 57.0 Å². The number of carboxylic acid groups (broad SMARTS) is 1. The van der Waals surface area contributed by atoms with Crippen LogP contribution in [0.5, 0.6) is 0 Å². The van der Waals surface area contributed by atoms with Gasteiger partial charge in [0, 0.05) is 5.92 Å². The third-order valence-electron chi connectivity index (χ3n) is 6.82. The van der Waals surface area contributed by atoms with E-state index in [0.29, 0.717) is 29.7 Å². The van der Waals surface area contributed by atoms with Gasteiger partial charge >= 0.3 is 12.1 Å². The van der Waals surface area contributed by atoms with Gasteiger partial charge in [-0.05, 0) is 35.5 Å². The number of carbonyl (C=O) groups is 2. The molecule has 1 amide bonds. The van der Waals surface area contributed by atoms with Crippen LogP contribution in [0.4, 0.5) is 4.79 Å². The van der Waals surface area contributed by atoms with Gasteiger partial charge in [-0.1, -0.05) is 71.9 Å². The highest BCUT2D eigenvalue weighted by molar-refractivity contribution is 6.77. The average Bonchev–Trinajstić information content (AvgIpc) is 2.76. The fourth-order valence-corrected chi connectivity index (χ4v) is 11.1. The highest BCUT2D eigenvalue weighted by atomic mass is 28.4. The molecule has 2 rings (SSSR count). The Morgan fingerprint density at radius 3 is 2.18 bits per heavy atom. The minimum Gasteiger partial charge on any atom is -0.465 e. The molecule has 2 N–H and O–H groups in total. The number of hydrogen-bond acceptors (Lipinski definition) is 5. The molecule has 0 bridgehead atoms. The van der Waals surface area contributed by atoms with Crippen molar-refractivity contribution >= 4 is 20.4 Å². The van der Waals surface area contributed by atoms with Crippen molar-refractivity contribution in [1.29, 1.82) is 0 Å².